The Morgan fingerprint density at radius 2 is 1.96 bits per heavy atom. The van der Waals surface area contributed by atoms with Crippen LogP contribution in [0.2, 0.25) is 0 Å². The normalized spacial score (nSPS) is 16.2. The summed E-state index contributed by atoms with van der Waals surface area (Å²) in [5.74, 6) is -0.0272. The van der Waals surface area contributed by atoms with E-state index < -0.39 is 11.6 Å². The van der Waals surface area contributed by atoms with Crippen molar-refractivity contribution < 1.29 is 23.8 Å². The highest BCUT2D eigenvalue weighted by atomic mass is 16.5. The zero-order valence-electron chi connectivity index (χ0n) is 14.7. The van der Waals surface area contributed by atoms with E-state index in [2.05, 4.69) is 5.32 Å². The minimum absolute atomic E-state index is 0.216. The lowest BCUT2D eigenvalue weighted by molar-refractivity contribution is -0.138. The predicted octanol–water partition coefficient (Wildman–Crippen LogP) is 3.02. The number of hydrogen-bond donors (Lipinski definition) is 1. The number of hydrogen-bond acceptors (Lipinski definition) is 5. The van der Waals surface area contributed by atoms with Crippen LogP contribution in [0.5, 0.6) is 5.75 Å². The molecule has 0 unspecified atom stereocenters. The van der Waals surface area contributed by atoms with Crippen LogP contribution in [-0.4, -0.2) is 37.8 Å². The van der Waals surface area contributed by atoms with E-state index >= 15 is 0 Å². The van der Waals surface area contributed by atoms with Crippen molar-refractivity contribution in [3.8, 4) is 5.75 Å². The third kappa shape index (κ3) is 3.87. The molecule has 2 rings (SSSR count). The molecule has 0 aromatic heterocycles. The number of benzene rings is 1. The van der Waals surface area contributed by atoms with Crippen LogP contribution in [0.3, 0.4) is 0 Å². The molecule has 24 heavy (non-hydrogen) atoms. The third-order valence-corrected chi connectivity index (χ3v) is 4.26. The summed E-state index contributed by atoms with van der Waals surface area (Å²) in [5, 5.41) is 2.83. The van der Waals surface area contributed by atoms with Crippen molar-refractivity contribution in [2.75, 3.05) is 25.6 Å². The Morgan fingerprint density at radius 3 is 2.50 bits per heavy atom. The molecule has 1 fully saturated rings. The molecule has 1 aliphatic carbocycles. The first-order valence-corrected chi connectivity index (χ1v) is 8.26. The number of ether oxygens (including phenoxy) is 3. The molecule has 0 bridgehead atoms. The van der Waals surface area contributed by atoms with Gasteiger partial charge >= 0.3 is 5.97 Å². The molecular formula is C18H25NO5. The SMILES string of the molecule is CCOC(=O)c1cc(NC(=O)[C@@](C)(OC)C2CC2)ccc1OCC. The number of carbonyl (C=O) groups excluding carboxylic acids is 2. The first-order chi connectivity index (χ1) is 11.5. The topological polar surface area (TPSA) is 73.9 Å². The molecule has 132 valence electrons. The van der Waals surface area contributed by atoms with Crippen molar-refractivity contribution >= 4 is 17.6 Å². The van der Waals surface area contributed by atoms with Gasteiger partial charge in [0.05, 0.1) is 13.2 Å². The van der Waals surface area contributed by atoms with E-state index in [1.165, 1.54) is 0 Å². The molecule has 0 saturated heterocycles. The van der Waals surface area contributed by atoms with E-state index in [4.69, 9.17) is 14.2 Å². The Bertz CT molecular complexity index is 611. The minimum Gasteiger partial charge on any atom is -0.493 e. The van der Waals surface area contributed by atoms with Crippen LogP contribution >= 0.6 is 0 Å². The summed E-state index contributed by atoms with van der Waals surface area (Å²) in [6.45, 7) is 6.07. The third-order valence-electron chi connectivity index (χ3n) is 4.26. The van der Waals surface area contributed by atoms with E-state index in [-0.39, 0.29) is 18.4 Å². The summed E-state index contributed by atoms with van der Waals surface area (Å²) < 4.78 is 16.0. The van der Waals surface area contributed by atoms with E-state index in [0.29, 0.717) is 23.6 Å². The van der Waals surface area contributed by atoms with Crippen LogP contribution in [0.1, 0.15) is 44.0 Å². The van der Waals surface area contributed by atoms with Crippen LogP contribution in [0.25, 0.3) is 0 Å². The summed E-state index contributed by atoms with van der Waals surface area (Å²) in [6, 6.07) is 4.94. The van der Waals surface area contributed by atoms with Gasteiger partial charge in [-0.2, -0.15) is 0 Å². The second-order valence-corrected chi connectivity index (χ2v) is 5.90. The zero-order valence-corrected chi connectivity index (χ0v) is 14.7. The summed E-state index contributed by atoms with van der Waals surface area (Å²) in [5.41, 5.74) is -0.0552. The molecule has 6 heteroatoms. The van der Waals surface area contributed by atoms with Crippen molar-refractivity contribution in [3.05, 3.63) is 23.8 Å². The fourth-order valence-corrected chi connectivity index (χ4v) is 2.59. The fraction of sp³-hybridized carbons (Fsp3) is 0.556. The largest absolute Gasteiger partial charge is 0.493 e. The van der Waals surface area contributed by atoms with E-state index in [1.807, 2.05) is 6.92 Å². The molecular weight excluding hydrogens is 310 g/mol. The second kappa shape index (κ2) is 7.66. The van der Waals surface area contributed by atoms with Crippen LogP contribution < -0.4 is 10.1 Å². The maximum atomic E-state index is 12.6. The number of anilines is 1. The highest BCUT2D eigenvalue weighted by Crippen LogP contribution is 2.42. The van der Waals surface area contributed by atoms with Gasteiger partial charge in [-0.1, -0.05) is 0 Å². The van der Waals surface area contributed by atoms with Crippen molar-refractivity contribution in [1.82, 2.24) is 0 Å². The van der Waals surface area contributed by atoms with Gasteiger partial charge in [0.2, 0.25) is 0 Å². The van der Waals surface area contributed by atoms with Crippen molar-refractivity contribution in [2.45, 2.75) is 39.2 Å². The number of methoxy groups -OCH3 is 1. The average molecular weight is 335 g/mol. The van der Waals surface area contributed by atoms with Crippen LogP contribution in [-0.2, 0) is 14.3 Å². The summed E-state index contributed by atoms with van der Waals surface area (Å²) >= 11 is 0. The van der Waals surface area contributed by atoms with E-state index in [0.717, 1.165) is 12.8 Å². The first-order valence-electron chi connectivity index (χ1n) is 8.26. The molecule has 1 amide bonds. The van der Waals surface area contributed by atoms with Crippen molar-refractivity contribution in [1.29, 1.82) is 0 Å². The number of amides is 1. The van der Waals surface area contributed by atoms with Gasteiger partial charge in [-0.25, -0.2) is 4.79 Å². The maximum absolute atomic E-state index is 12.6. The number of esters is 1. The Hall–Kier alpha value is -2.08. The molecule has 1 N–H and O–H groups in total. The van der Waals surface area contributed by atoms with Gasteiger partial charge in [-0.05, 0) is 57.7 Å². The van der Waals surface area contributed by atoms with Crippen LogP contribution in [0, 0.1) is 5.92 Å². The van der Waals surface area contributed by atoms with Gasteiger partial charge in [0.1, 0.15) is 16.9 Å². The average Bonchev–Trinajstić information content (AvgIpc) is 3.41. The predicted molar refractivity (Wildman–Crippen MR) is 90.3 cm³/mol. The summed E-state index contributed by atoms with van der Waals surface area (Å²) in [4.78, 5) is 24.7. The fourth-order valence-electron chi connectivity index (χ4n) is 2.59. The first kappa shape index (κ1) is 18.3. The van der Waals surface area contributed by atoms with Crippen LogP contribution in [0.15, 0.2) is 18.2 Å². The van der Waals surface area contributed by atoms with Gasteiger partial charge in [-0.3, -0.25) is 4.79 Å². The molecule has 0 heterocycles. The quantitative estimate of drug-likeness (QED) is 0.739. The van der Waals surface area contributed by atoms with Gasteiger partial charge in [0.15, 0.2) is 0 Å². The highest BCUT2D eigenvalue weighted by Gasteiger charge is 2.47. The Balaban J connectivity index is 2.22. The zero-order chi connectivity index (χ0) is 17.7. The lowest BCUT2D eigenvalue weighted by atomic mass is 9.99. The monoisotopic (exact) mass is 335 g/mol. The molecule has 1 aromatic rings. The lowest BCUT2D eigenvalue weighted by Gasteiger charge is -2.26. The molecule has 1 aromatic carbocycles. The number of rotatable bonds is 8. The molecule has 0 radical (unpaired) electrons. The highest BCUT2D eigenvalue weighted by molar-refractivity contribution is 6.00. The van der Waals surface area contributed by atoms with Gasteiger partial charge in [0, 0.05) is 12.8 Å². The van der Waals surface area contributed by atoms with Gasteiger partial charge in [0.25, 0.3) is 5.91 Å². The summed E-state index contributed by atoms with van der Waals surface area (Å²) in [6.07, 6.45) is 1.96. The van der Waals surface area contributed by atoms with Crippen molar-refractivity contribution in [2.24, 2.45) is 5.92 Å². The van der Waals surface area contributed by atoms with Gasteiger partial charge in [-0.15, -0.1) is 0 Å². The van der Waals surface area contributed by atoms with Gasteiger partial charge < -0.3 is 19.5 Å². The standard InChI is InChI=1S/C18H25NO5/c1-5-23-15-10-9-13(11-14(15)16(20)24-6-2)19-17(21)18(3,22-4)12-7-8-12/h9-12H,5-8H2,1-4H3,(H,19,21)/t18-/m0/s1. The molecule has 0 aliphatic heterocycles. The second-order valence-electron chi connectivity index (χ2n) is 5.90. The lowest BCUT2D eigenvalue weighted by Crippen LogP contribution is -2.44. The Labute approximate surface area is 142 Å². The Kier molecular flexibility index (Phi) is 5.83. The molecule has 1 atom stereocenters. The summed E-state index contributed by atoms with van der Waals surface area (Å²) in [7, 11) is 1.54. The minimum atomic E-state index is -0.858. The maximum Gasteiger partial charge on any atom is 0.341 e. The number of nitrogens with one attached hydrogen (secondary N) is 1. The smallest absolute Gasteiger partial charge is 0.341 e. The molecule has 0 spiro atoms. The van der Waals surface area contributed by atoms with E-state index in [9.17, 15) is 9.59 Å². The number of carbonyl (C=O) groups is 2. The van der Waals surface area contributed by atoms with Crippen LogP contribution in [0.4, 0.5) is 5.69 Å². The van der Waals surface area contributed by atoms with Crippen molar-refractivity contribution in [3.63, 3.8) is 0 Å². The Morgan fingerprint density at radius 1 is 1.25 bits per heavy atom. The van der Waals surface area contributed by atoms with E-state index in [1.54, 1.807) is 39.2 Å². The molecule has 1 aliphatic rings. The molecule has 1 saturated carbocycles. The molecule has 6 nitrogen and oxygen atoms in total.